The van der Waals surface area contributed by atoms with Crippen molar-refractivity contribution in [1.29, 1.82) is 0 Å². The first-order valence-electron chi connectivity index (χ1n) is 7.70. The van der Waals surface area contributed by atoms with Gasteiger partial charge in [-0.25, -0.2) is 0 Å². The Morgan fingerprint density at radius 2 is 2.09 bits per heavy atom. The van der Waals surface area contributed by atoms with E-state index < -0.39 is 0 Å². The van der Waals surface area contributed by atoms with Gasteiger partial charge >= 0.3 is 0 Å². The number of amides is 1. The molecule has 0 aromatic heterocycles. The Bertz CT molecular complexity index is 670. The van der Waals surface area contributed by atoms with E-state index in [1.807, 2.05) is 48.5 Å². The molecule has 3 rings (SSSR count). The van der Waals surface area contributed by atoms with Crippen LogP contribution in [0.25, 0.3) is 0 Å². The van der Waals surface area contributed by atoms with Crippen molar-refractivity contribution in [2.45, 2.75) is 13.0 Å². The molecular weight excluding hydrogens is 356 g/mol. The van der Waals surface area contributed by atoms with Gasteiger partial charge in [-0.3, -0.25) is 4.79 Å². The van der Waals surface area contributed by atoms with Gasteiger partial charge in [0.15, 0.2) is 0 Å². The van der Waals surface area contributed by atoms with Crippen molar-refractivity contribution < 1.29 is 9.53 Å². The Morgan fingerprint density at radius 1 is 1.26 bits per heavy atom. The van der Waals surface area contributed by atoms with Gasteiger partial charge in [-0.15, -0.1) is 0 Å². The Morgan fingerprint density at radius 3 is 2.78 bits per heavy atom. The molecule has 0 bridgehead atoms. The van der Waals surface area contributed by atoms with Crippen molar-refractivity contribution in [3.05, 3.63) is 58.6 Å². The number of carbonyl (C=O) groups is 1. The van der Waals surface area contributed by atoms with Crippen LogP contribution in [0.4, 0.5) is 5.69 Å². The largest absolute Gasteiger partial charge is 0.488 e. The van der Waals surface area contributed by atoms with E-state index in [0.29, 0.717) is 6.61 Å². The summed E-state index contributed by atoms with van der Waals surface area (Å²) in [6, 6.07) is 15.6. The third-order valence-corrected chi connectivity index (χ3v) is 4.49. The van der Waals surface area contributed by atoms with E-state index in [0.717, 1.165) is 41.0 Å². The average Bonchev–Trinajstić information content (AvgIpc) is 3.10. The highest BCUT2D eigenvalue weighted by Crippen LogP contribution is 2.29. The molecule has 2 aromatic rings. The summed E-state index contributed by atoms with van der Waals surface area (Å²) >= 11 is 3.51. The number of hydrogen-bond donors (Lipinski definition) is 2. The van der Waals surface area contributed by atoms with E-state index in [2.05, 4.69) is 26.6 Å². The molecule has 0 radical (unpaired) electrons. The van der Waals surface area contributed by atoms with E-state index in [-0.39, 0.29) is 11.8 Å². The second-order valence-corrected chi connectivity index (χ2v) is 6.45. The number of halogens is 1. The molecule has 0 aliphatic carbocycles. The van der Waals surface area contributed by atoms with Gasteiger partial charge in [0.05, 0.1) is 10.4 Å². The fraction of sp³-hybridized carbons (Fsp3) is 0.278. The monoisotopic (exact) mass is 374 g/mol. The number of ether oxygens (including phenoxy) is 1. The number of benzene rings is 2. The first-order chi connectivity index (χ1) is 11.2. The third-order valence-electron chi connectivity index (χ3n) is 3.87. The van der Waals surface area contributed by atoms with Crippen LogP contribution < -0.4 is 15.4 Å². The van der Waals surface area contributed by atoms with Crippen LogP contribution in [0.2, 0.25) is 0 Å². The zero-order valence-electron chi connectivity index (χ0n) is 12.7. The molecule has 2 aromatic carbocycles. The summed E-state index contributed by atoms with van der Waals surface area (Å²) in [7, 11) is 0. The Balaban J connectivity index is 1.60. The van der Waals surface area contributed by atoms with Gasteiger partial charge in [0, 0.05) is 12.2 Å². The van der Waals surface area contributed by atoms with E-state index in [9.17, 15) is 4.79 Å². The van der Waals surface area contributed by atoms with Gasteiger partial charge in [-0.1, -0.05) is 30.3 Å². The SMILES string of the molecule is O=C(Nc1ccc(OCc2ccccc2)c(Br)c1)C1CCNC1. The van der Waals surface area contributed by atoms with Crippen molar-refractivity contribution in [3.8, 4) is 5.75 Å². The summed E-state index contributed by atoms with van der Waals surface area (Å²) in [6.45, 7) is 2.18. The zero-order valence-corrected chi connectivity index (χ0v) is 14.3. The van der Waals surface area contributed by atoms with Crippen LogP contribution >= 0.6 is 15.9 Å². The lowest BCUT2D eigenvalue weighted by molar-refractivity contribution is -0.119. The topological polar surface area (TPSA) is 50.4 Å². The third kappa shape index (κ3) is 4.33. The van der Waals surface area contributed by atoms with Gasteiger partial charge in [0.1, 0.15) is 12.4 Å². The van der Waals surface area contributed by atoms with Crippen LogP contribution in [-0.2, 0) is 11.4 Å². The number of carbonyl (C=O) groups excluding carboxylic acids is 1. The quantitative estimate of drug-likeness (QED) is 0.840. The van der Waals surface area contributed by atoms with Gasteiger partial charge < -0.3 is 15.4 Å². The van der Waals surface area contributed by atoms with Crippen molar-refractivity contribution >= 4 is 27.5 Å². The molecule has 1 fully saturated rings. The fourth-order valence-electron chi connectivity index (χ4n) is 2.55. The maximum atomic E-state index is 12.1. The molecule has 1 aliphatic heterocycles. The van der Waals surface area contributed by atoms with Gasteiger partial charge in [-0.2, -0.15) is 0 Å². The fourth-order valence-corrected chi connectivity index (χ4v) is 3.05. The van der Waals surface area contributed by atoms with Crippen LogP contribution in [-0.4, -0.2) is 19.0 Å². The van der Waals surface area contributed by atoms with E-state index in [1.54, 1.807) is 0 Å². The number of nitrogens with one attached hydrogen (secondary N) is 2. The molecule has 1 unspecified atom stereocenters. The smallest absolute Gasteiger partial charge is 0.228 e. The molecule has 2 N–H and O–H groups in total. The lowest BCUT2D eigenvalue weighted by atomic mass is 10.1. The highest BCUT2D eigenvalue weighted by atomic mass is 79.9. The Labute approximate surface area is 144 Å². The molecule has 1 aliphatic rings. The lowest BCUT2D eigenvalue weighted by Gasteiger charge is -2.12. The summed E-state index contributed by atoms with van der Waals surface area (Å²) in [5, 5.41) is 6.16. The predicted octanol–water partition coefficient (Wildman–Crippen LogP) is 3.58. The van der Waals surface area contributed by atoms with Crippen molar-refractivity contribution in [3.63, 3.8) is 0 Å². The second kappa shape index (κ2) is 7.62. The highest BCUT2D eigenvalue weighted by molar-refractivity contribution is 9.10. The van der Waals surface area contributed by atoms with Gasteiger partial charge in [0.2, 0.25) is 5.91 Å². The maximum absolute atomic E-state index is 12.1. The minimum Gasteiger partial charge on any atom is -0.488 e. The number of hydrogen-bond acceptors (Lipinski definition) is 3. The minimum absolute atomic E-state index is 0.0581. The van der Waals surface area contributed by atoms with Gasteiger partial charge in [0.25, 0.3) is 0 Å². The highest BCUT2D eigenvalue weighted by Gasteiger charge is 2.22. The summed E-state index contributed by atoms with van der Waals surface area (Å²) in [5.74, 6) is 0.886. The normalized spacial score (nSPS) is 17.0. The number of rotatable bonds is 5. The minimum atomic E-state index is 0.0581. The molecular formula is C18H19BrN2O2. The second-order valence-electron chi connectivity index (χ2n) is 5.60. The first-order valence-corrected chi connectivity index (χ1v) is 8.49. The molecule has 120 valence electrons. The van der Waals surface area contributed by atoms with E-state index >= 15 is 0 Å². The standard InChI is InChI=1S/C18H19BrN2O2/c19-16-10-15(21-18(22)14-8-9-20-11-14)6-7-17(16)23-12-13-4-2-1-3-5-13/h1-7,10,14,20H,8-9,11-12H2,(H,21,22). The molecule has 4 nitrogen and oxygen atoms in total. The van der Waals surface area contributed by atoms with Crippen molar-refractivity contribution in [2.24, 2.45) is 5.92 Å². The predicted molar refractivity (Wildman–Crippen MR) is 94.5 cm³/mol. The average molecular weight is 375 g/mol. The molecule has 0 spiro atoms. The van der Waals surface area contributed by atoms with Crippen LogP contribution in [0.1, 0.15) is 12.0 Å². The summed E-state index contributed by atoms with van der Waals surface area (Å²) < 4.78 is 6.64. The Kier molecular flexibility index (Phi) is 5.31. The van der Waals surface area contributed by atoms with Crippen molar-refractivity contribution in [2.75, 3.05) is 18.4 Å². The lowest BCUT2D eigenvalue weighted by Crippen LogP contribution is -2.24. The molecule has 1 heterocycles. The Hall–Kier alpha value is -1.85. The molecule has 1 amide bonds. The van der Waals surface area contributed by atoms with Crippen LogP contribution in [0.5, 0.6) is 5.75 Å². The zero-order chi connectivity index (χ0) is 16.1. The van der Waals surface area contributed by atoms with E-state index in [4.69, 9.17) is 4.74 Å². The summed E-state index contributed by atoms with van der Waals surface area (Å²) in [5.41, 5.74) is 1.89. The molecule has 1 saturated heterocycles. The maximum Gasteiger partial charge on any atom is 0.228 e. The van der Waals surface area contributed by atoms with Crippen LogP contribution in [0.15, 0.2) is 53.0 Å². The van der Waals surface area contributed by atoms with E-state index in [1.165, 1.54) is 0 Å². The molecule has 5 heteroatoms. The summed E-state index contributed by atoms with van der Waals surface area (Å²) in [6.07, 6.45) is 0.894. The summed E-state index contributed by atoms with van der Waals surface area (Å²) in [4.78, 5) is 12.1. The molecule has 1 atom stereocenters. The molecule has 0 saturated carbocycles. The van der Waals surface area contributed by atoms with Gasteiger partial charge in [-0.05, 0) is 52.7 Å². The van der Waals surface area contributed by atoms with Crippen LogP contribution in [0, 0.1) is 5.92 Å². The van der Waals surface area contributed by atoms with Crippen molar-refractivity contribution in [1.82, 2.24) is 5.32 Å². The molecule has 23 heavy (non-hydrogen) atoms. The van der Waals surface area contributed by atoms with Crippen LogP contribution in [0.3, 0.4) is 0 Å². The number of anilines is 1. The first kappa shape index (κ1) is 16.0.